The van der Waals surface area contributed by atoms with Crippen molar-refractivity contribution in [1.29, 1.82) is 0 Å². The van der Waals surface area contributed by atoms with E-state index in [4.69, 9.17) is 10.5 Å². The number of hydrogen-bond donors (Lipinski definition) is 3. The second-order valence-electron chi connectivity index (χ2n) is 8.76. The summed E-state index contributed by atoms with van der Waals surface area (Å²) in [5.74, 6) is -3.30. The van der Waals surface area contributed by atoms with Gasteiger partial charge >= 0.3 is 6.09 Å². The topological polar surface area (TPSA) is 127 Å². The van der Waals surface area contributed by atoms with Crippen LogP contribution in [0.4, 0.5) is 30.1 Å². The summed E-state index contributed by atoms with van der Waals surface area (Å²) in [7, 11) is 1.60. The van der Waals surface area contributed by atoms with E-state index in [1.165, 1.54) is 15.8 Å². The Balaban J connectivity index is 1.82. The van der Waals surface area contributed by atoms with Crippen LogP contribution in [0.3, 0.4) is 0 Å². The first-order valence-corrected chi connectivity index (χ1v) is 11.7. The molecule has 1 saturated heterocycles. The number of carbonyl (C=O) groups excluding carboxylic acids is 2. The second kappa shape index (κ2) is 9.50. The van der Waals surface area contributed by atoms with E-state index in [1.54, 1.807) is 27.8 Å². The minimum absolute atomic E-state index is 0.0595. The molecule has 3 rings (SSSR count). The molecule has 2 amide bonds. The van der Waals surface area contributed by atoms with E-state index in [-0.39, 0.29) is 22.9 Å². The highest BCUT2D eigenvalue weighted by Gasteiger charge is 2.38. The number of thiazole rings is 1. The summed E-state index contributed by atoms with van der Waals surface area (Å²) in [5.41, 5.74) is 5.25. The molecular formula is C19H26BrF2N7O3S. The zero-order valence-electron chi connectivity index (χ0n) is 18.6. The van der Waals surface area contributed by atoms with Crippen LogP contribution in [0.2, 0.25) is 0 Å². The maximum Gasteiger partial charge on any atom is 0.412 e. The molecular weight excluding hydrogens is 524 g/mol. The van der Waals surface area contributed by atoms with Gasteiger partial charge in [-0.25, -0.2) is 18.6 Å². The maximum absolute atomic E-state index is 14.3. The molecule has 1 aliphatic heterocycles. The van der Waals surface area contributed by atoms with Crippen molar-refractivity contribution in [3.63, 3.8) is 0 Å². The van der Waals surface area contributed by atoms with Crippen molar-refractivity contribution in [2.45, 2.75) is 51.2 Å². The Morgan fingerprint density at radius 1 is 1.36 bits per heavy atom. The second-order valence-corrected chi connectivity index (χ2v) is 11.0. The third kappa shape index (κ3) is 6.60. The number of aromatic nitrogens is 3. The van der Waals surface area contributed by atoms with E-state index in [2.05, 4.69) is 36.6 Å². The van der Waals surface area contributed by atoms with Gasteiger partial charge in [0.15, 0.2) is 15.4 Å². The van der Waals surface area contributed by atoms with Gasteiger partial charge in [0.1, 0.15) is 16.3 Å². The quantitative estimate of drug-likeness (QED) is 0.529. The van der Waals surface area contributed by atoms with E-state index >= 15 is 0 Å². The maximum atomic E-state index is 14.3. The molecule has 0 radical (unpaired) electrons. The van der Waals surface area contributed by atoms with Crippen LogP contribution < -0.4 is 21.3 Å². The minimum atomic E-state index is -2.98. The molecule has 182 valence electrons. The Hall–Kier alpha value is -2.32. The number of halogens is 3. The third-order valence-electron chi connectivity index (χ3n) is 4.64. The number of rotatable bonds is 4. The summed E-state index contributed by atoms with van der Waals surface area (Å²) in [6.07, 6.45) is 0.601. The third-order valence-corrected chi connectivity index (χ3v) is 6.06. The van der Waals surface area contributed by atoms with E-state index in [9.17, 15) is 18.4 Å². The first-order valence-electron chi connectivity index (χ1n) is 10.1. The number of ether oxygens (including phenoxy) is 1. The van der Waals surface area contributed by atoms with Crippen molar-refractivity contribution in [1.82, 2.24) is 14.8 Å². The van der Waals surface area contributed by atoms with Crippen molar-refractivity contribution in [2.75, 3.05) is 28.6 Å². The van der Waals surface area contributed by atoms with E-state index in [1.807, 2.05) is 0 Å². The number of amides is 2. The number of alkyl halides is 2. The number of aryl methyl sites for hydroxylation is 1. The standard InChI is InChI=1S/C19H26BrF2N7O3S/c1-18(2,3)32-17(31)27-14-12(26-16(20)33-14)13(30)25-11-8-24-28(4)15(11)29-6-5-10(23)7-19(21,22)9-29/h8,10H,5-7,9,23H2,1-4H3,(H,25,30)(H,27,31). The number of hydrogen-bond acceptors (Lipinski definition) is 8. The van der Waals surface area contributed by atoms with Crippen LogP contribution in [-0.4, -0.2) is 57.4 Å². The van der Waals surface area contributed by atoms with Gasteiger partial charge in [0.2, 0.25) is 0 Å². The van der Waals surface area contributed by atoms with Crippen LogP contribution in [0.1, 0.15) is 44.1 Å². The molecule has 0 spiro atoms. The summed E-state index contributed by atoms with van der Waals surface area (Å²) in [5, 5.41) is 9.48. The highest BCUT2D eigenvalue weighted by Crippen LogP contribution is 2.34. The van der Waals surface area contributed by atoms with Crippen molar-refractivity contribution in [3.05, 3.63) is 15.8 Å². The largest absolute Gasteiger partial charge is 0.444 e. The summed E-state index contributed by atoms with van der Waals surface area (Å²) in [4.78, 5) is 30.7. The molecule has 10 nitrogen and oxygen atoms in total. The highest BCUT2D eigenvalue weighted by molar-refractivity contribution is 9.11. The summed E-state index contributed by atoms with van der Waals surface area (Å²) in [6, 6.07) is -0.620. The van der Waals surface area contributed by atoms with Gasteiger partial charge in [-0.1, -0.05) is 11.3 Å². The average Bonchev–Trinajstić information content (AvgIpc) is 3.14. The summed E-state index contributed by atoms with van der Waals surface area (Å²) >= 11 is 4.25. The molecule has 1 atom stereocenters. The van der Waals surface area contributed by atoms with Gasteiger partial charge in [-0.3, -0.25) is 14.8 Å². The average molecular weight is 550 g/mol. The van der Waals surface area contributed by atoms with Crippen LogP contribution >= 0.6 is 27.3 Å². The first kappa shape index (κ1) is 25.3. The highest BCUT2D eigenvalue weighted by atomic mass is 79.9. The normalized spacial score (nSPS) is 18.5. The Morgan fingerprint density at radius 3 is 2.73 bits per heavy atom. The molecule has 1 unspecified atom stereocenters. The zero-order chi connectivity index (χ0) is 24.6. The van der Waals surface area contributed by atoms with Crippen molar-refractivity contribution in [2.24, 2.45) is 12.8 Å². The summed E-state index contributed by atoms with van der Waals surface area (Å²) in [6.45, 7) is 4.88. The molecule has 2 aromatic heterocycles. The van der Waals surface area contributed by atoms with Gasteiger partial charge in [0, 0.05) is 26.1 Å². The molecule has 0 aromatic carbocycles. The van der Waals surface area contributed by atoms with Crippen LogP contribution in [-0.2, 0) is 11.8 Å². The SMILES string of the molecule is Cn1ncc(NC(=O)c2nc(Br)sc2NC(=O)OC(C)(C)C)c1N1CCC(N)CC(F)(F)C1. The van der Waals surface area contributed by atoms with Gasteiger partial charge in [-0.2, -0.15) is 5.10 Å². The number of nitrogens with one attached hydrogen (secondary N) is 2. The fourth-order valence-corrected chi connectivity index (χ4v) is 4.75. The van der Waals surface area contributed by atoms with Gasteiger partial charge in [-0.15, -0.1) is 0 Å². The minimum Gasteiger partial charge on any atom is -0.444 e. The predicted molar refractivity (Wildman–Crippen MR) is 125 cm³/mol. The number of carbonyl (C=O) groups is 2. The van der Waals surface area contributed by atoms with E-state index in [0.717, 1.165) is 11.3 Å². The fourth-order valence-electron chi connectivity index (χ4n) is 3.42. The van der Waals surface area contributed by atoms with Crippen LogP contribution in [0, 0.1) is 0 Å². The number of nitrogens with zero attached hydrogens (tertiary/aromatic N) is 4. The van der Waals surface area contributed by atoms with Crippen molar-refractivity contribution in [3.8, 4) is 0 Å². The zero-order valence-corrected chi connectivity index (χ0v) is 21.0. The van der Waals surface area contributed by atoms with Gasteiger partial charge < -0.3 is 20.7 Å². The lowest BCUT2D eigenvalue weighted by atomic mass is 10.1. The van der Waals surface area contributed by atoms with E-state index < -0.39 is 42.5 Å². The smallest absolute Gasteiger partial charge is 0.412 e. The van der Waals surface area contributed by atoms with Crippen LogP contribution in [0.5, 0.6) is 0 Å². The van der Waals surface area contributed by atoms with Gasteiger partial charge in [0.05, 0.1) is 12.7 Å². The molecule has 0 aliphatic carbocycles. The molecule has 33 heavy (non-hydrogen) atoms. The fraction of sp³-hybridized carbons (Fsp3) is 0.579. The Bertz CT molecular complexity index is 1040. The number of nitrogens with two attached hydrogens (primary N) is 1. The molecule has 0 bridgehead atoms. The molecule has 3 heterocycles. The Labute approximate surface area is 202 Å². The molecule has 2 aromatic rings. The van der Waals surface area contributed by atoms with Gasteiger partial charge in [0.25, 0.3) is 11.8 Å². The van der Waals surface area contributed by atoms with Crippen LogP contribution in [0.25, 0.3) is 0 Å². The lowest BCUT2D eigenvalue weighted by Crippen LogP contribution is -2.37. The molecule has 1 aliphatic rings. The number of anilines is 3. The Morgan fingerprint density at radius 2 is 2.06 bits per heavy atom. The van der Waals surface area contributed by atoms with E-state index in [0.29, 0.717) is 16.2 Å². The lowest BCUT2D eigenvalue weighted by Gasteiger charge is -2.26. The van der Waals surface area contributed by atoms with Gasteiger partial charge in [-0.05, 0) is 43.1 Å². The lowest BCUT2D eigenvalue weighted by molar-refractivity contribution is -0.000540. The Kier molecular flexibility index (Phi) is 7.29. The molecule has 1 fully saturated rings. The van der Waals surface area contributed by atoms with Crippen molar-refractivity contribution >= 4 is 55.8 Å². The monoisotopic (exact) mass is 549 g/mol. The molecule has 14 heteroatoms. The summed E-state index contributed by atoms with van der Waals surface area (Å²) < 4.78 is 35.7. The molecule has 0 saturated carbocycles. The van der Waals surface area contributed by atoms with Crippen LogP contribution in [0.15, 0.2) is 10.1 Å². The predicted octanol–water partition coefficient (Wildman–Crippen LogP) is 3.80. The molecule has 4 N–H and O–H groups in total. The van der Waals surface area contributed by atoms with Crippen molar-refractivity contribution < 1.29 is 23.1 Å². The first-order chi connectivity index (χ1) is 15.2.